The maximum Gasteiger partial charge on any atom is 0.210 e. The molecule has 1 N–H and O–H groups in total. The van der Waals surface area contributed by atoms with Gasteiger partial charge in [0, 0.05) is 35.2 Å². The molecule has 0 unspecified atom stereocenters. The Morgan fingerprint density at radius 2 is 1.87 bits per heavy atom. The van der Waals surface area contributed by atoms with Gasteiger partial charge in [0.25, 0.3) is 0 Å². The number of hydrogen-bond acceptors (Lipinski definition) is 6. The van der Waals surface area contributed by atoms with Crippen LogP contribution in [0.3, 0.4) is 0 Å². The molecule has 0 amide bonds. The molecule has 0 aliphatic carbocycles. The number of likely N-dealkylation sites (tertiary alicyclic amines) is 1. The van der Waals surface area contributed by atoms with Crippen LogP contribution in [0.4, 0.5) is 13.2 Å². The maximum atomic E-state index is 14.6. The topological polar surface area (TPSA) is 59.0 Å². The summed E-state index contributed by atoms with van der Waals surface area (Å²) >= 11 is 1.06. The molecule has 0 radical (unpaired) electrons. The molecule has 0 saturated carbocycles. The minimum atomic E-state index is -0.950. The van der Waals surface area contributed by atoms with Crippen LogP contribution < -0.4 is 9.47 Å². The van der Waals surface area contributed by atoms with Crippen molar-refractivity contribution < 1.29 is 32.5 Å². The summed E-state index contributed by atoms with van der Waals surface area (Å²) in [5.41, 5.74) is -0.0546. The number of fused-ring (bicyclic) bond motifs is 1. The van der Waals surface area contributed by atoms with E-state index in [-0.39, 0.29) is 40.1 Å². The van der Waals surface area contributed by atoms with E-state index < -0.39 is 17.4 Å². The molecule has 198 valence electrons. The van der Waals surface area contributed by atoms with Gasteiger partial charge in [-0.3, -0.25) is 14.1 Å². The van der Waals surface area contributed by atoms with Crippen LogP contribution in [-0.4, -0.2) is 48.7 Å². The van der Waals surface area contributed by atoms with E-state index in [4.69, 9.17) is 9.47 Å². The second-order valence-corrected chi connectivity index (χ2v) is 10.4. The summed E-state index contributed by atoms with van der Waals surface area (Å²) < 4.78 is 53.6. The number of carbonyl (C=O) groups excluding carboxylic acids is 1. The molecule has 4 aromatic rings. The van der Waals surface area contributed by atoms with E-state index in [1.165, 1.54) is 19.1 Å². The number of alkyl halides is 1. The zero-order valence-corrected chi connectivity index (χ0v) is 21.5. The number of rotatable bonds is 9. The third-order valence-electron chi connectivity index (χ3n) is 6.62. The van der Waals surface area contributed by atoms with Gasteiger partial charge in [-0.05, 0) is 74.0 Å². The molecular weight excluding hydrogens is 515 g/mol. The molecule has 38 heavy (non-hydrogen) atoms. The van der Waals surface area contributed by atoms with Gasteiger partial charge in [0.15, 0.2) is 5.75 Å². The molecule has 1 aliphatic rings. The molecule has 5 rings (SSSR count). The number of aryl methyl sites for hydroxylation is 1. The molecule has 2 heterocycles. The van der Waals surface area contributed by atoms with E-state index in [2.05, 4.69) is 4.90 Å². The summed E-state index contributed by atoms with van der Waals surface area (Å²) in [5.74, 6) is -0.918. The summed E-state index contributed by atoms with van der Waals surface area (Å²) in [7, 11) is 0. The number of ether oxygens (including phenoxy) is 2. The first-order valence-electron chi connectivity index (χ1n) is 12.3. The molecule has 1 fully saturated rings. The van der Waals surface area contributed by atoms with Crippen molar-refractivity contribution in [1.82, 2.24) is 4.90 Å². The van der Waals surface area contributed by atoms with Crippen LogP contribution in [0.1, 0.15) is 27.2 Å². The number of aromatic hydroxyl groups is 1. The fraction of sp³-hybridized carbons (Fsp3) is 0.276. The van der Waals surface area contributed by atoms with Crippen molar-refractivity contribution in [3.63, 3.8) is 0 Å². The second-order valence-electron chi connectivity index (χ2n) is 9.38. The molecule has 1 saturated heterocycles. The predicted molar refractivity (Wildman–Crippen MR) is 141 cm³/mol. The third kappa shape index (κ3) is 5.49. The Hall–Kier alpha value is -3.56. The number of nitrogens with zero attached hydrogens (tertiary/aromatic N) is 1. The van der Waals surface area contributed by atoms with E-state index in [1.54, 1.807) is 30.3 Å². The van der Waals surface area contributed by atoms with Gasteiger partial charge >= 0.3 is 0 Å². The van der Waals surface area contributed by atoms with Gasteiger partial charge in [-0.25, -0.2) is 8.78 Å². The number of phenols is 1. The molecule has 5 nitrogen and oxygen atoms in total. The number of phenolic OH excluding ortho intramolecular Hbond substituents is 1. The Kier molecular flexibility index (Phi) is 7.58. The van der Waals surface area contributed by atoms with Crippen molar-refractivity contribution in [3.05, 3.63) is 82.2 Å². The van der Waals surface area contributed by atoms with E-state index in [0.29, 0.717) is 40.8 Å². The number of thiophene rings is 1. The van der Waals surface area contributed by atoms with Crippen molar-refractivity contribution in [3.8, 4) is 23.0 Å². The Balaban J connectivity index is 1.36. The lowest BCUT2D eigenvalue weighted by Crippen LogP contribution is -2.26. The standard InChI is InChI=1S/C29H26F3NO4S/c1-17-12-19(31)13-24(32)26(17)27(35)29-28(23-7-2-20(34)14-25(23)38-29)37-22-5-3-21(4-6-22)36-11-10-33-9-8-18(15-30)16-33/h2-7,12-14,18,34H,8-11,15-16H2,1H3/t18-/m1/s1. The summed E-state index contributed by atoms with van der Waals surface area (Å²) in [5, 5.41) is 10.5. The zero-order valence-electron chi connectivity index (χ0n) is 20.7. The lowest BCUT2D eigenvalue weighted by Gasteiger charge is -2.16. The Morgan fingerprint density at radius 3 is 2.58 bits per heavy atom. The number of halogens is 3. The van der Waals surface area contributed by atoms with Crippen LogP contribution in [-0.2, 0) is 0 Å². The van der Waals surface area contributed by atoms with Crippen molar-refractivity contribution in [2.75, 3.05) is 32.9 Å². The van der Waals surface area contributed by atoms with Crippen molar-refractivity contribution in [1.29, 1.82) is 0 Å². The minimum absolute atomic E-state index is 0.0177. The van der Waals surface area contributed by atoms with Crippen LogP contribution >= 0.6 is 11.3 Å². The SMILES string of the molecule is Cc1cc(F)cc(F)c1C(=O)c1sc2cc(O)ccc2c1Oc1ccc(OCCN2CC[C@H](CF)C2)cc1. The highest BCUT2D eigenvalue weighted by molar-refractivity contribution is 7.21. The van der Waals surface area contributed by atoms with Crippen LogP contribution in [0, 0.1) is 24.5 Å². The number of benzene rings is 3. The average molecular weight is 542 g/mol. The first-order valence-corrected chi connectivity index (χ1v) is 13.1. The molecule has 0 spiro atoms. The minimum Gasteiger partial charge on any atom is -0.508 e. The number of hydrogen-bond donors (Lipinski definition) is 1. The van der Waals surface area contributed by atoms with E-state index in [1.807, 2.05) is 0 Å². The van der Waals surface area contributed by atoms with Gasteiger partial charge in [0.2, 0.25) is 5.78 Å². The van der Waals surface area contributed by atoms with Crippen LogP contribution in [0.5, 0.6) is 23.0 Å². The molecule has 1 aliphatic heterocycles. The van der Waals surface area contributed by atoms with Gasteiger partial charge in [-0.1, -0.05) is 0 Å². The molecule has 0 bridgehead atoms. The number of carbonyl (C=O) groups is 1. The lowest BCUT2D eigenvalue weighted by atomic mass is 10.0. The van der Waals surface area contributed by atoms with Gasteiger partial charge < -0.3 is 14.6 Å². The molecule has 1 atom stereocenters. The Bertz CT molecular complexity index is 1450. The van der Waals surface area contributed by atoms with Gasteiger partial charge in [-0.2, -0.15) is 0 Å². The predicted octanol–water partition coefficient (Wildman–Crippen LogP) is 6.89. The Labute approximate surface area is 222 Å². The van der Waals surface area contributed by atoms with Crippen LogP contribution in [0.2, 0.25) is 0 Å². The van der Waals surface area contributed by atoms with E-state index in [9.17, 15) is 23.1 Å². The molecule has 9 heteroatoms. The monoisotopic (exact) mass is 541 g/mol. The quantitative estimate of drug-likeness (QED) is 0.234. The summed E-state index contributed by atoms with van der Waals surface area (Å²) in [6.07, 6.45) is 0.872. The first kappa shape index (κ1) is 26.1. The van der Waals surface area contributed by atoms with Gasteiger partial charge in [0.05, 0.1) is 12.2 Å². The third-order valence-corrected chi connectivity index (χ3v) is 7.75. The smallest absolute Gasteiger partial charge is 0.210 e. The van der Waals surface area contributed by atoms with Crippen LogP contribution in [0.25, 0.3) is 10.1 Å². The molecule has 1 aromatic heterocycles. The van der Waals surface area contributed by atoms with Crippen molar-refractivity contribution in [2.45, 2.75) is 13.3 Å². The normalized spacial score (nSPS) is 15.7. The van der Waals surface area contributed by atoms with E-state index >= 15 is 0 Å². The largest absolute Gasteiger partial charge is 0.508 e. The zero-order chi connectivity index (χ0) is 26.8. The summed E-state index contributed by atoms with van der Waals surface area (Å²) in [6, 6.07) is 13.3. The highest BCUT2D eigenvalue weighted by Gasteiger charge is 2.26. The number of ketones is 1. The van der Waals surface area contributed by atoms with Crippen molar-refractivity contribution in [2.24, 2.45) is 5.92 Å². The first-order chi connectivity index (χ1) is 18.3. The Morgan fingerprint density at radius 1 is 1.11 bits per heavy atom. The van der Waals surface area contributed by atoms with Crippen LogP contribution in [0.15, 0.2) is 54.6 Å². The summed E-state index contributed by atoms with van der Waals surface area (Å²) in [4.78, 5) is 15.8. The fourth-order valence-electron chi connectivity index (χ4n) is 4.67. The lowest BCUT2D eigenvalue weighted by molar-refractivity contribution is 0.103. The summed E-state index contributed by atoms with van der Waals surface area (Å²) in [6.45, 7) is 4.00. The molecule has 3 aromatic carbocycles. The second kappa shape index (κ2) is 11.0. The van der Waals surface area contributed by atoms with Crippen molar-refractivity contribution >= 4 is 27.2 Å². The highest BCUT2D eigenvalue weighted by atomic mass is 32.1. The van der Waals surface area contributed by atoms with E-state index in [0.717, 1.165) is 36.9 Å². The van der Waals surface area contributed by atoms with Gasteiger partial charge in [0.1, 0.15) is 40.4 Å². The highest BCUT2D eigenvalue weighted by Crippen LogP contribution is 2.43. The molecular formula is C29H26F3NO4S. The fourth-order valence-corrected chi connectivity index (χ4v) is 5.78. The van der Waals surface area contributed by atoms with Gasteiger partial charge in [-0.15, -0.1) is 11.3 Å². The average Bonchev–Trinajstić information content (AvgIpc) is 3.48. The maximum absolute atomic E-state index is 14.6.